The minimum Gasteiger partial charge on any atom is -0.497 e. The zero-order valence-corrected chi connectivity index (χ0v) is 18.9. The monoisotopic (exact) mass is 474 g/mol. The van der Waals surface area contributed by atoms with Crippen molar-refractivity contribution in [2.24, 2.45) is 0 Å². The van der Waals surface area contributed by atoms with Gasteiger partial charge in [0.05, 0.1) is 19.3 Å². The number of carbonyl (C=O) groups excluding carboxylic acids is 1. The third kappa shape index (κ3) is 4.32. The van der Waals surface area contributed by atoms with Gasteiger partial charge < -0.3 is 10.1 Å². The Morgan fingerprint density at radius 3 is 2.42 bits per heavy atom. The highest BCUT2D eigenvalue weighted by atomic mass is 35.5. The van der Waals surface area contributed by atoms with E-state index in [0.717, 1.165) is 16.9 Å². The van der Waals surface area contributed by atoms with Gasteiger partial charge in [-0.05, 0) is 46.8 Å². The highest BCUT2D eigenvalue weighted by molar-refractivity contribution is 7.97. The highest BCUT2D eigenvalue weighted by Crippen LogP contribution is 2.39. The fourth-order valence-corrected chi connectivity index (χ4v) is 5.85. The number of rotatable bonds is 6. The summed E-state index contributed by atoms with van der Waals surface area (Å²) < 4.78 is 33.1. The number of allylic oxidation sites excluding steroid dienone is 1. The molecule has 0 radical (unpaired) electrons. The number of benzene rings is 2. The third-order valence-electron chi connectivity index (χ3n) is 4.85. The molecule has 4 rings (SSSR count). The highest BCUT2D eigenvalue weighted by Gasteiger charge is 2.41. The summed E-state index contributed by atoms with van der Waals surface area (Å²) >= 11 is 7.17. The molecule has 31 heavy (non-hydrogen) atoms. The second-order valence-electron chi connectivity index (χ2n) is 6.84. The SMILES string of the molecule is COc1ccc(CNC=C2C(=O)c3sccc3N(Cc3ccc(Cl)cc3)S2(=O)=O)cc1. The van der Waals surface area contributed by atoms with Crippen molar-refractivity contribution in [1.29, 1.82) is 0 Å². The Bertz CT molecular complexity index is 1230. The lowest BCUT2D eigenvalue weighted by atomic mass is 10.2. The molecule has 2 aromatic carbocycles. The number of hydrogen-bond acceptors (Lipinski definition) is 6. The molecular formula is C22H19ClN2O4S2. The summed E-state index contributed by atoms with van der Waals surface area (Å²) in [5.41, 5.74) is 2.09. The average Bonchev–Trinajstić information content (AvgIpc) is 3.25. The van der Waals surface area contributed by atoms with Gasteiger partial charge in [-0.3, -0.25) is 9.10 Å². The minimum absolute atomic E-state index is 0.104. The number of anilines is 1. The topological polar surface area (TPSA) is 75.7 Å². The molecule has 0 bridgehead atoms. The summed E-state index contributed by atoms with van der Waals surface area (Å²) in [6.07, 6.45) is 1.29. The lowest BCUT2D eigenvalue weighted by Crippen LogP contribution is -2.38. The van der Waals surface area contributed by atoms with Crippen molar-refractivity contribution < 1.29 is 17.9 Å². The Morgan fingerprint density at radius 2 is 1.74 bits per heavy atom. The number of thiophene rings is 1. The number of methoxy groups -OCH3 is 1. The van der Waals surface area contributed by atoms with E-state index < -0.39 is 15.8 Å². The molecule has 6 nitrogen and oxygen atoms in total. The zero-order chi connectivity index (χ0) is 22.0. The molecule has 3 aromatic rings. The number of ketones is 1. The summed E-state index contributed by atoms with van der Waals surface area (Å²) in [5.74, 6) is 0.231. The van der Waals surface area contributed by atoms with E-state index in [1.54, 1.807) is 42.8 Å². The van der Waals surface area contributed by atoms with Gasteiger partial charge in [0.2, 0.25) is 5.78 Å². The van der Waals surface area contributed by atoms with Crippen LogP contribution in [0.4, 0.5) is 5.69 Å². The van der Waals surface area contributed by atoms with Gasteiger partial charge in [0, 0.05) is 17.8 Å². The molecule has 1 aromatic heterocycles. The number of ether oxygens (including phenoxy) is 1. The minimum atomic E-state index is -4.03. The van der Waals surface area contributed by atoms with Crippen LogP contribution in [0, 0.1) is 0 Å². The third-order valence-corrected chi connectivity index (χ3v) is 7.77. The van der Waals surface area contributed by atoms with Gasteiger partial charge in [-0.1, -0.05) is 35.9 Å². The largest absolute Gasteiger partial charge is 0.497 e. The molecule has 160 valence electrons. The molecular weight excluding hydrogens is 456 g/mol. The van der Waals surface area contributed by atoms with Crippen LogP contribution < -0.4 is 14.4 Å². The summed E-state index contributed by atoms with van der Waals surface area (Å²) in [6, 6.07) is 16.0. The normalized spacial score (nSPS) is 16.3. The maximum Gasteiger partial charge on any atom is 0.270 e. The molecule has 1 aliphatic rings. The summed E-state index contributed by atoms with van der Waals surface area (Å²) in [4.78, 5) is 13.1. The van der Waals surface area contributed by atoms with Crippen molar-refractivity contribution in [3.63, 3.8) is 0 Å². The number of halogens is 1. The first-order valence-corrected chi connectivity index (χ1v) is 12.1. The van der Waals surface area contributed by atoms with Crippen LogP contribution in [0.3, 0.4) is 0 Å². The van der Waals surface area contributed by atoms with E-state index in [9.17, 15) is 13.2 Å². The number of fused-ring (bicyclic) bond motifs is 1. The second kappa shape index (κ2) is 8.74. The predicted molar refractivity (Wildman–Crippen MR) is 123 cm³/mol. The van der Waals surface area contributed by atoms with Crippen molar-refractivity contribution in [2.75, 3.05) is 11.4 Å². The van der Waals surface area contributed by atoms with Gasteiger partial charge in [0.1, 0.15) is 10.6 Å². The van der Waals surface area contributed by atoms with Gasteiger partial charge in [0.25, 0.3) is 10.0 Å². The van der Waals surface area contributed by atoms with Crippen molar-refractivity contribution in [1.82, 2.24) is 5.32 Å². The number of carbonyl (C=O) groups is 1. The molecule has 0 saturated carbocycles. The Kier molecular flexibility index (Phi) is 6.04. The Balaban J connectivity index is 1.62. The first-order valence-electron chi connectivity index (χ1n) is 9.36. The van der Waals surface area contributed by atoms with Gasteiger partial charge in [-0.15, -0.1) is 11.3 Å². The van der Waals surface area contributed by atoms with E-state index in [1.165, 1.54) is 21.8 Å². The molecule has 0 amide bonds. The number of nitrogens with one attached hydrogen (secondary N) is 1. The molecule has 0 spiro atoms. The fourth-order valence-electron chi connectivity index (χ4n) is 3.22. The molecule has 0 atom stereocenters. The smallest absolute Gasteiger partial charge is 0.270 e. The molecule has 1 N–H and O–H groups in total. The number of sulfonamides is 1. The van der Waals surface area contributed by atoms with Crippen LogP contribution in [0.2, 0.25) is 5.02 Å². The molecule has 9 heteroatoms. The Labute approximate surface area is 189 Å². The summed E-state index contributed by atoms with van der Waals surface area (Å²) in [7, 11) is -2.45. The first kappa shape index (κ1) is 21.4. The number of hydrogen-bond donors (Lipinski definition) is 1. The van der Waals surface area contributed by atoms with Gasteiger partial charge in [0.15, 0.2) is 4.91 Å². The lowest BCUT2D eigenvalue weighted by molar-refractivity contribution is 0.104. The van der Waals surface area contributed by atoms with E-state index in [0.29, 0.717) is 22.1 Å². The summed E-state index contributed by atoms with van der Waals surface area (Å²) in [5, 5.41) is 5.26. The van der Waals surface area contributed by atoms with Crippen LogP contribution in [0.5, 0.6) is 5.75 Å². The maximum atomic E-state index is 13.3. The van der Waals surface area contributed by atoms with Crippen molar-refractivity contribution in [2.45, 2.75) is 13.1 Å². The van der Waals surface area contributed by atoms with Crippen molar-refractivity contribution in [3.05, 3.63) is 92.1 Å². The van der Waals surface area contributed by atoms with Crippen molar-refractivity contribution >= 4 is 44.4 Å². The van der Waals surface area contributed by atoms with Crippen LogP contribution in [-0.2, 0) is 23.1 Å². The predicted octanol–water partition coefficient (Wildman–Crippen LogP) is 4.57. The van der Waals surface area contributed by atoms with Gasteiger partial charge in [-0.2, -0.15) is 0 Å². The molecule has 0 saturated heterocycles. The van der Waals surface area contributed by atoms with E-state index in [4.69, 9.17) is 16.3 Å². The maximum absolute atomic E-state index is 13.3. The first-order chi connectivity index (χ1) is 14.9. The van der Waals surface area contributed by atoms with E-state index in [1.807, 2.05) is 24.3 Å². The van der Waals surface area contributed by atoms with Crippen LogP contribution in [-0.4, -0.2) is 21.3 Å². The molecule has 1 aliphatic heterocycles. The second-order valence-corrected chi connectivity index (χ2v) is 10.0. The molecule has 0 aliphatic carbocycles. The lowest BCUT2D eigenvalue weighted by Gasteiger charge is -2.29. The van der Waals surface area contributed by atoms with E-state index in [2.05, 4.69) is 5.32 Å². The van der Waals surface area contributed by atoms with Crippen LogP contribution in [0.15, 0.2) is 71.1 Å². The zero-order valence-electron chi connectivity index (χ0n) is 16.5. The fraction of sp³-hybridized carbons (Fsp3) is 0.136. The quantitative estimate of drug-likeness (QED) is 0.529. The van der Waals surface area contributed by atoms with Crippen LogP contribution >= 0.6 is 22.9 Å². The summed E-state index contributed by atoms with van der Waals surface area (Å²) in [6.45, 7) is 0.469. The standard InChI is InChI=1S/C22H19ClN2O4S2/c1-29-18-8-4-15(5-9-18)12-24-13-20-21(26)22-19(10-11-30-22)25(31(20,27)28)14-16-2-6-17(23)7-3-16/h2-11,13,24H,12,14H2,1H3. The average molecular weight is 475 g/mol. The molecule has 2 heterocycles. The van der Waals surface area contributed by atoms with Crippen molar-refractivity contribution in [3.8, 4) is 5.75 Å². The van der Waals surface area contributed by atoms with Crippen LogP contribution in [0.25, 0.3) is 0 Å². The molecule has 0 fully saturated rings. The number of nitrogens with zero attached hydrogens (tertiary/aromatic N) is 1. The van der Waals surface area contributed by atoms with Crippen LogP contribution in [0.1, 0.15) is 20.8 Å². The van der Waals surface area contributed by atoms with E-state index in [-0.39, 0.29) is 11.4 Å². The Morgan fingerprint density at radius 1 is 1.06 bits per heavy atom. The van der Waals surface area contributed by atoms with Gasteiger partial charge in [-0.25, -0.2) is 8.42 Å². The Hall–Kier alpha value is -2.81. The number of Topliss-reactive ketones (excluding diaryl/α,β-unsaturated/α-hetero) is 1. The van der Waals surface area contributed by atoms with E-state index >= 15 is 0 Å². The van der Waals surface area contributed by atoms with Gasteiger partial charge >= 0.3 is 0 Å². The molecule has 0 unspecified atom stereocenters.